The van der Waals surface area contributed by atoms with E-state index in [0.29, 0.717) is 19.3 Å². The number of hydrogen-bond acceptors (Lipinski definition) is 4. The lowest BCUT2D eigenvalue weighted by molar-refractivity contribution is -0.132. The SMILES string of the molecule is CC#CC[C@@H](C)[C@@H](O)/C=C/[C@@H]1[C@H]2c3cccc(CCCC(=O)N4CCCCC4)c3O[C@H]2C[C@H]1O. The number of likely N-dealkylation sites (tertiary alicyclic amines) is 1. The van der Waals surface area contributed by atoms with Gasteiger partial charge >= 0.3 is 0 Å². The van der Waals surface area contributed by atoms with Gasteiger partial charge in [-0.3, -0.25) is 4.79 Å². The topological polar surface area (TPSA) is 70.0 Å². The summed E-state index contributed by atoms with van der Waals surface area (Å²) in [7, 11) is 0. The van der Waals surface area contributed by atoms with Crippen LogP contribution in [-0.4, -0.2) is 52.4 Å². The van der Waals surface area contributed by atoms with E-state index in [1.807, 2.05) is 30.9 Å². The van der Waals surface area contributed by atoms with Crippen LogP contribution in [0.15, 0.2) is 30.4 Å². The standard InChI is InChI=1S/C29H39NO4/c1-3-4-10-20(2)24(31)16-15-22-25(32)19-26-28(22)23-13-8-11-21(29(23)34-26)12-9-14-27(33)30-17-6-5-7-18-30/h8,11,13,15-16,20,22,24-26,28,31-32H,5-7,9-10,12,14,17-19H2,1-2H3/b16-15+/t20-,22+,24+,25-,26+,28+/m1/s1. The molecule has 5 nitrogen and oxygen atoms in total. The first-order chi connectivity index (χ1) is 16.5. The van der Waals surface area contributed by atoms with E-state index in [1.165, 1.54) is 6.42 Å². The number of aliphatic hydroxyl groups excluding tert-OH is 2. The third-order valence-corrected chi connectivity index (χ3v) is 7.75. The van der Waals surface area contributed by atoms with Gasteiger partial charge in [0.25, 0.3) is 0 Å². The summed E-state index contributed by atoms with van der Waals surface area (Å²) < 4.78 is 6.37. The Balaban J connectivity index is 1.40. The van der Waals surface area contributed by atoms with Crippen LogP contribution in [0, 0.1) is 23.7 Å². The molecular weight excluding hydrogens is 426 g/mol. The molecule has 1 aliphatic carbocycles. The fourth-order valence-corrected chi connectivity index (χ4v) is 5.71. The van der Waals surface area contributed by atoms with Gasteiger partial charge in [-0.25, -0.2) is 0 Å². The van der Waals surface area contributed by atoms with Crippen LogP contribution >= 0.6 is 0 Å². The number of aliphatic hydroxyl groups is 2. The van der Waals surface area contributed by atoms with Crippen LogP contribution in [0.5, 0.6) is 5.75 Å². The number of hydrogen-bond donors (Lipinski definition) is 2. The third-order valence-electron chi connectivity index (χ3n) is 7.75. The Kier molecular flexibility index (Phi) is 8.34. The highest BCUT2D eigenvalue weighted by Crippen LogP contribution is 2.52. The first-order valence-electron chi connectivity index (χ1n) is 13.0. The summed E-state index contributed by atoms with van der Waals surface area (Å²) >= 11 is 0. The summed E-state index contributed by atoms with van der Waals surface area (Å²) in [4.78, 5) is 14.5. The molecule has 5 heteroatoms. The number of nitrogens with zero attached hydrogens (tertiary/aromatic N) is 1. The number of amides is 1. The molecule has 1 aromatic rings. The number of fused-ring (bicyclic) bond motifs is 3. The van der Waals surface area contributed by atoms with Gasteiger partial charge in [0.1, 0.15) is 11.9 Å². The van der Waals surface area contributed by atoms with Gasteiger partial charge in [-0.2, -0.15) is 0 Å². The van der Waals surface area contributed by atoms with E-state index in [4.69, 9.17) is 4.74 Å². The number of ether oxygens (including phenoxy) is 1. The Bertz CT molecular complexity index is 939. The van der Waals surface area contributed by atoms with Crippen LogP contribution in [-0.2, 0) is 11.2 Å². The summed E-state index contributed by atoms with van der Waals surface area (Å²) in [6.45, 7) is 5.61. The number of carbonyl (C=O) groups excluding carboxylic acids is 1. The van der Waals surface area contributed by atoms with Gasteiger partial charge in [-0.1, -0.05) is 37.3 Å². The minimum atomic E-state index is -0.585. The molecular formula is C29H39NO4. The van der Waals surface area contributed by atoms with Crippen LogP contribution in [0.25, 0.3) is 0 Å². The first-order valence-corrected chi connectivity index (χ1v) is 13.0. The van der Waals surface area contributed by atoms with Crippen molar-refractivity contribution in [3.05, 3.63) is 41.5 Å². The molecule has 2 N–H and O–H groups in total. The molecule has 0 spiro atoms. The zero-order valence-electron chi connectivity index (χ0n) is 20.6. The molecule has 1 saturated heterocycles. The van der Waals surface area contributed by atoms with Gasteiger partial charge < -0.3 is 19.8 Å². The van der Waals surface area contributed by atoms with Crippen LogP contribution in [0.4, 0.5) is 0 Å². The van der Waals surface area contributed by atoms with Crippen molar-refractivity contribution in [2.24, 2.45) is 11.8 Å². The van der Waals surface area contributed by atoms with E-state index < -0.39 is 12.2 Å². The highest BCUT2D eigenvalue weighted by Gasteiger charge is 2.48. The van der Waals surface area contributed by atoms with E-state index in [2.05, 4.69) is 30.0 Å². The van der Waals surface area contributed by atoms with Crippen molar-refractivity contribution >= 4 is 5.91 Å². The predicted octanol–water partition coefficient (Wildman–Crippen LogP) is 4.21. The quantitative estimate of drug-likeness (QED) is 0.446. The number of rotatable bonds is 8. The largest absolute Gasteiger partial charge is 0.489 e. The molecule has 6 atom stereocenters. The average Bonchev–Trinajstić information content (AvgIpc) is 3.36. The van der Waals surface area contributed by atoms with Crippen molar-refractivity contribution in [2.45, 2.75) is 89.4 Å². The van der Waals surface area contributed by atoms with Crippen LogP contribution in [0.1, 0.15) is 75.8 Å². The van der Waals surface area contributed by atoms with Crippen molar-refractivity contribution in [3.8, 4) is 17.6 Å². The summed E-state index contributed by atoms with van der Waals surface area (Å²) in [6, 6.07) is 6.28. The molecule has 0 bridgehead atoms. The maximum atomic E-state index is 12.5. The van der Waals surface area contributed by atoms with E-state index in [1.54, 1.807) is 0 Å². The second-order valence-electron chi connectivity index (χ2n) is 10.2. The van der Waals surface area contributed by atoms with E-state index in [0.717, 1.165) is 55.6 Å². The molecule has 1 aromatic carbocycles. The Labute approximate surface area is 204 Å². The highest BCUT2D eigenvalue weighted by atomic mass is 16.5. The molecule has 1 amide bonds. The van der Waals surface area contributed by atoms with Crippen molar-refractivity contribution in [1.82, 2.24) is 4.90 Å². The maximum Gasteiger partial charge on any atom is 0.222 e. The molecule has 0 unspecified atom stereocenters. The Morgan fingerprint density at radius 1 is 1.29 bits per heavy atom. The lowest BCUT2D eigenvalue weighted by Crippen LogP contribution is -2.35. The van der Waals surface area contributed by atoms with Crippen LogP contribution in [0.3, 0.4) is 0 Å². The zero-order valence-corrected chi connectivity index (χ0v) is 20.6. The van der Waals surface area contributed by atoms with Gasteiger partial charge in [0.15, 0.2) is 0 Å². The molecule has 34 heavy (non-hydrogen) atoms. The second kappa shape index (κ2) is 11.4. The fourth-order valence-electron chi connectivity index (χ4n) is 5.71. The first kappa shape index (κ1) is 24.8. The van der Waals surface area contributed by atoms with Crippen molar-refractivity contribution in [1.29, 1.82) is 0 Å². The van der Waals surface area contributed by atoms with Gasteiger partial charge in [0.2, 0.25) is 5.91 Å². The molecule has 2 aliphatic heterocycles. The van der Waals surface area contributed by atoms with Crippen LogP contribution < -0.4 is 4.74 Å². The molecule has 0 radical (unpaired) electrons. The van der Waals surface area contributed by atoms with Crippen molar-refractivity contribution in [2.75, 3.05) is 13.1 Å². The Morgan fingerprint density at radius 3 is 2.85 bits per heavy atom. The average molecular weight is 466 g/mol. The number of piperidine rings is 1. The van der Waals surface area contributed by atoms with Crippen LogP contribution in [0.2, 0.25) is 0 Å². The maximum absolute atomic E-state index is 12.5. The minimum Gasteiger partial charge on any atom is -0.489 e. The fraction of sp³-hybridized carbons (Fsp3) is 0.621. The highest BCUT2D eigenvalue weighted by molar-refractivity contribution is 5.76. The predicted molar refractivity (Wildman–Crippen MR) is 133 cm³/mol. The lowest BCUT2D eigenvalue weighted by Gasteiger charge is -2.26. The summed E-state index contributed by atoms with van der Waals surface area (Å²) in [5.74, 6) is 7.18. The summed E-state index contributed by atoms with van der Waals surface area (Å²) in [5.41, 5.74) is 2.30. The van der Waals surface area contributed by atoms with Gasteiger partial charge in [-0.15, -0.1) is 11.8 Å². The monoisotopic (exact) mass is 465 g/mol. The van der Waals surface area contributed by atoms with E-state index in [9.17, 15) is 15.0 Å². The Hall–Kier alpha value is -2.29. The molecule has 3 aliphatic rings. The van der Waals surface area contributed by atoms with Crippen molar-refractivity contribution in [3.63, 3.8) is 0 Å². The van der Waals surface area contributed by atoms with Crippen molar-refractivity contribution < 1.29 is 19.7 Å². The normalized spacial score (nSPS) is 27.5. The van der Waals surface area contributed by atoms with E-state index >= 15 is 0 Å². The number of benzene rings is 1. The molecule has 2 fully saturated rings. The van der Waals surface area contributed by atoms with Gasteiger partial charge in [0.05, 0.1) is 12.2 Å². The van der Waals surface area contributed by atoms with Gasteiger partial charge in [-0.05, 0) is 50.5 Å². The smallest absolute Gasteiger partial charge is 0.222 e. The van der Waals surface area contributed by atoms with E-state index in [-0.39, 0.29) is 29.8 Å². The molecule has 2 heterocycles. The molecule has 0 aromatic heterocycles. The second-order valence-corrected chi connectivity index (χ2v) is 10.2. The summed E-state index contributed by atoms with van der Waals surface area (Å²) in [6.07, 6.45) is 9.64. The number of carbonyl (C=O) groups is 1. The molecule has 4 rings (SSSR count). The minimum absolute atomic E-state index is 0.0451. The molecule has 184 valence electrons. The molecule has 1 saturated carbocycles. The zero-order chi connectivity index (χ0) is 24.1. The lowest BCUT2D eigenvalue weighted by atomic mass is 9.86. The third kappa shape index (κ3) is 5.50. The number of para-hydroxylation sites is 1. The number of aryl methyl sites for hydroxylation is 1. The summed E-state index contributed by atoms with van der Waals surface area (Å²) in [5, 5.41) is 21.2. The van der Waals surface area contributed by atoms with Gasteiger partial charge in [0, 0.05) is 49.8 Å². The Morgan fingerprint density at radius 2 is 2.09 bits per heavy atom.